The van der Waals surface area contributed by atoms with Gasteiger partial charge in [0, 0.05) is 4.88 Å². The van der Waals surface area contributed by atoms with Gasteiger partial charge in [-0.1, -0.05) is 6.42 Å². The summed E-state index contributed by atoms with van der Waals surface area (Å²) >= 11 is 4.69. The van der Waals surface area contributed by atoms with E-state index < -0.39 is 0 Å². The molecule has 0 spiro atoms. The number of anilines is 1. The zero-order valence-electron chi connectivity index (χ0n) is 11.2. The number of furan rings is 1. The lowest BCUT2D eigenvalue weighted by molar-refractivity contribution is 0.0996. The van der Waals surface area contributed by atoms with Gasteiger partial charge in [-0.15, -0.1) is 11.3 Å². The van der Waals surface area contributed by atoms with Crippen LogP contribution in [-0.4, -0.2) is 5.91 Å². The summed E-state index contributed by atoms with van der Waals surface area (Å²) in [6, 6.07) is 5.52. The van der Waals surface area contributed by atoms with Gasteiger partial charge in [-0.05, 0) is 59.3 Å². The Labute approximate surface area is 134 Å². The van der Waals surface area contributed by atoms with Crippen molar-refractivity contribution in [2.75, 3.05) is 5.32 Å². The number of aryl methyl sites for hydroxylation is 1. The first kappa shape index (κ1) is 14.4. The van der Waals surface area contributed by atoms with E-state index in [1.807, 2.05) is 0 Å². The minimum atomic E-state index is -0.325. The molecular weight excluding hydrogens is 352 g/mol. The Morgan fingerprint density at radius 1 is 1.33 bits per heavy atom. The van der Waals surface area contributed by atoms with Crippen LogP contribution in [0, 0.1) is 11.3 Å². The van der Waals surface area contributed by atoms with Crippen molar-refractivity contribution in [1.82, 2.24) is 0 Å². The van der Waals surface area contributed by atoms with Crippen LogP contribution in [0.1, 0.15) is 45.8 Å². The molecule has 1 aliphatic carbocycles. The number of amides is 1. The third-order valence-corrected chi connectivity index (χ3v) is 5.19. The topological polar surface area (TPSA) is 66.0 Å². The van der Waals surface area contributed by atoms with Crippen molar-refractivity contribution in [3.05, 3.63) is 38.6 Å². The molecular formula is C15H13BrN2O2S. The van der Waals surface area contributed by atoms with Crippen molar-refractivity contribution in [2.24, 2.45) is 0 Å². The molecule has 0 radical (unpaired) electrons. The molecule has 0 unspecified atom stereocenters. The van der Waals surface area contributed by atoms with E-state index in [4.69, 9.17) is 4.42 Å². The summed E-state index contributed by atoms with van der Waals surface area (Å²) < 4.78 is 5.75. The average molecular weight is 365 g/mol. The van der Waals surface area contributed by atoms with Crippen LogP contribution in [0.5, 0.6) is 0 Å². The van der Waals surface area contributed by atoms with Gasteiger partial charge in [0.2, 0.25) is 0 Å². The van der Waals surface area contributed by atoms with Gasteiger partial charge < -0.3 is 9.73 Å². The van der Waals surface area contributed by atoms with Crippen LogP contribution in [0.2, 0.25) is 0 Å². The Balaban J connectivity index is 1.89. The first-order chi connectivity index (χ1) is 10.2. The number of carbonyl (C=O) groups excluding carboxylic acids is 1. The third-order valence-electron chi connectivity index (χ3n) is 3.56. The second kappa shape index (κ2) is 6.04. The molecule has 2 aromatic heterocycles. The zero-order chi connectivity index (χ0) is 14.8. The summed E-state index contributed by atoms with van der Waals surface area (Å²) in [4.78, 5) is 13.4. The minimum Gasteiger partial charge on any atom is -0.444 e. The van der Waals surface area contributed by atoms with Gasteiger partial charge in [0.1, 0.15) is 11.1 Å². The van der Waals surface area contributed by atoms with E-state index in [0.717, 1.165) is 31.2 Å². The summed E-state index contributed by atoms with van der Waals surface area (Å²) in [5.74, 6) is -0.0945. The van der Waals surface area contributed by atoms with Gasteiger partial charge in [0.05, 0.1) is 5.56 Å². The molecule has 6 heteroatoms. The molecule has 0 saturated carbocycles. The molecule has 0 fully saturated rings. The second-order valence-corrected chi connectivity index (χ2v) is 6.83. The fourth-order valence-electron chi connectivity index (χ4n) is 2.55. The van der Waals surface area contributed by atoms with Crippen LogP contribution in [0.3, 0.4) is 0 Å². The average Bonchev–Trinajstić information content (AvgIpc) is 2.96. The highest BCUT2D eigenvalue weighted by atomic mass is 79.9. The maximum Gasteiger partial charge on any atom is 0.292 e. The Morgan fingerprint density at radius 2 is 2.14 bits per heavy atom. The maximum atomic E-state index is 12.1. The fraction of sp³-hybridized carbons (Fsp3) is 0.333. The highest BCUT2D eigenvalue weighted by molar-refractivity contribution is 9.10. The Hall–Kier alpha value is -1.58. The van der Waals surface area contributed by atoms with Crippen LogP contribution in [-0.2, 0) is 12.8 Å². The van der Waals surface area contributed by atoms with E-state index in [1.54, 1.807) is 12.1 Å². The minimum absolute atomic E-state index is 0.231. The molecule has 4 nitrogen and oxygen atoms in total. The normalized spacial score (nSPS) is 14.1. The van der Waals surface area contributed by atoms with E-state index in [9.17, 15) is 10.1 Å². The van der Waals surface area contributed by atoms with E-state index >= 15 is 0 Å². The van der Waals surface area contributed by atoms with Crippen LogP contribution in [0.4, 0.5) is 5.00 Å². The van der Waals surface area contributed by atoms with Crippen LogP contribution in [0.25, 0.3) is 0 Å². The van der Waals surface area contributed by atoms with Crippen LogP contribution >= 0.6 is 27.3 Å². The summed E-state index contributed by atoms with van der Waals surface area (Å²) in [6.45, 7) is 0. The quantitative estimate of drug-likeness (QED) is 0.797. The van der Waals surface area contributed by atoms with Gasteiger partial charge in [-0.25, -0.2) is 0 Å². The summed E-state index contributed by atoms with van der Waals surface area (Å²) in [6.07, 6.45) is 5.38. The van der Waals surface area contributed by atoms with E-state index in [2.05, 4.69) is 27.3 Å². The van der Waals surface area contributed by atoms with E-state index in [-0.39, 0.29) is 11.7 Å². The number of nitriles is 1. The smallest absolute Gasteiger partial charge is 0.292 e. The molecule has 2 aromatic rings. The molecule has 2 heterocycles. The summed E-state index contributed by atoms with van der Waals surface area (Å²) in [5, 5.41) is 12.9. The van der Waals surface area contributed by atoms with Crippen LogP contribution < -0.4 is 5.32 Å². The van der Waals surface area contributed by atoms with Crippen molar-refractivity contribution in [3.63, 3.8) is 0 Å². The molecule has 0 aromatic carbocycles. The van der Waals surface area contributed by atoms with Crippen molar-refractivity contribution in [3.8, 4) is 6.07 Å². The molecule has 1 aliphatic rings. The number of nitrogens with zero attached hydrogens (tertiary/aromatic N) is 1. The molecule has 0 saturated heterocycles. The van der Waals surface area contributed by atoms with E-state index in [0.29, 0.717) is 15.2 Å². The number of nitrogens with one attached hydrogen (secondary N) is 1. The van der Waals surface area contributed by atoms with E-state index in [1.165, 1.54) is 22.6 Å². The first-order valence-corrected chi connectivity index (χ1v) is 8.41. The number of halogens is 1. The summed E-state index contributed by atoms with van der Waals surface area (Å²) in [7, 11) is 0. The predicted octanol–water partition coefficient (Wildman–Crippen LogP) is 4.50. The van der Waals surface area contributed by atoms with Gasteiger partial charge in [-0.3, -0.25) is 4.79 Å². The Kier molecular flexibility index (Phi) is 4.13. The van der Waals surface area contributed by atoms with Gasteiger partial charge >= 0.3 is 0 Å². The second-order valence-electron chi connectivity index (χ2n) is 4.94. The molecule has 0 aliphatic heterocycles. The van der Waals surface area contributed by atoms with Crippen molar-refractivity contribution < 1.29 is 9.21 Å². The maximum absolute atomic E-state index is 12.1. The molecule has 21 heavy (non-hydrogen) atoms. The third kappa shape index (κ3) is 2.89. The highest BCUT2D eigenvalue weighted by Crippen LogP contribution is 2.37. The van der Waals surface area contributed by atoms with Crippen molar-refractivity contribution in [1.29, 1.82) is 5.26 Å². The molecule has 3 rings (SSSR count). The number of thiophene rings is 1. The lowest BCUT2D eigenvalue weighted by Crippen LogP contribution is -2.10. The monoisotopic (exact) mass is 364 g/mol. The SMILES string of the molecule is N#Cc1c(NC(=O)c2ccc(Br)o2)sc2c1CCCCC2. The summed E-state index contributed by atoms with van der Waals surface area (Å²) in [5.41, 5.74) is 1.74. The fourth-order valence-corrected chi connectivity index (χ4v) is 4.09. The largest absolute Gasteiger partial charge is 0.444 e. The Bertz CT molecular complexity index is 727. The highest BCUT2D eigenvalue weighted by Gasteiger charge is 2.22. The van der Waals surface area contributed by atoms with Gasteiger partial charge in [0.25, 0.3) is 5.91 Å². The van der Waals surface area contributed by atoms with Crippen LogP contribution in [0.15, 0.2) is 21.2 Å². The molecule has 1 amide bonds. The van der Waals surface area contributed by atoms with Crippen molar-refractivity contribution >= 4 is 38.2 Å². The lowest BCUT2D eigenvalue weighted by atomic mass is 10.1. The molecule has 108 valence electrons. The molecule has 0 bridgehead atoms. The molecule has 0 atom stereocenters. The van der Waals surface area contributed by atoms with Gasteiger partial charge in [0.15, 0.2) is 10.4 Å². The Morgan fingerprint density at radius 3 is 2.86 bits per heavy atom. The van der Waals surface area contributed by atoms with Crippen molar-refractivity contribution in [2.45, 2.75) is 32.1 Å². The number of carbonyl (C=O) groups is 1. The zero-order valence-corrected chi connectivity index (χ0v) is 13.6. The number of rotatable bonds is 2. The number of hydrogen-bond acceptors (Lipinski definition) is 4. The number of hydrogen-bond donors (Lipinski definition) is 1. The standard InChI is InChI=1S/C15H13BrN2O2S/c16-13-7-6-11(20-13)14(19)18-15-10(8-17)9-4-2-1-3-5-12(9)21-15/h6-7H,1-5H2,(H,18,19). The number of fused-ring (bicyclic) bond motifs is 1. The molecule has 1 N–H and O–H groups in total. The van der Waals surface area contributed by atoms with Gasteiger partial charge in [-0.2, -0.15) is 5.26 Å². The lowest BCUT2D eigenvalue weighted by Gasteiger charge is -2.01. The first-order valence-electron chi connectivity index (χ1n) is 6.80. The predicted molar refractivity (Wildman–Crippen MR) is 84.7 cm³/mol.